The van der Waals surface area contributed by atoms with Crippen LogP contribution in [0.1, 0.15) is 49.3 Å². The third-order valence-corrected chi connectivity index (χ3v) is 3.73. The highest BCUT2D eigenvalue weighted by Crippen LogP contribution is 2.52. The summed E-state index contributed by atoms with van der Waals surface area (Å²) in [5, 5.41) is 0. The van der Waals surface area contributed by atoms with E-state index in [0.29, 0.717) is 12.3 Å². The second-order valence-corrected chi connectivity index (χ2v) is 6.07. The van der Waals surface area contributed by atoms with Crippen LogP contribution < -0.4 is 0 Å². The van der Waals surface area contributed by atoms with Gasteiger partial charge in [0.15, 0.2) is 0 Å². The topological polar surface area (TPSA) is 0 Å². The lowest BCUT2D eigenvalue weighted by atomic mass is 9.98. The minimum Gasteiger partial charge on any atom is -0.166 e. The number of alkyl halides is 6. The molecule has 0 unspecified atom stereocenters. The van der Waals surface area contributed by atoms with Crippen molar-refractivity contribution >= 4 is 0 Å². The first kappa shape index (κ1) is 16.2. The van der Waals surface area contributed by atoms with Crippen LogP contribution in [0.15, 0.2) is 18.2 Å². The van der Waals surface area contributed by atoms with Crippen LogP contribution in [0.3, 0.4) is 0 Å². The molecule has 0 N–H and O–H groups in total. The van der Waals surface area contributed by atoms with Gasteiger partial charge in [-0.05, 0) is 54.4 Å². The van der Waals surface area contributed by atoms with Crippen molar-refractivity contribution < 1.29 is 26.3 Å². The molecule has 1 saturated carbocycles. The lowest BCUT2D eigenvalue weighted by molar-refractivity contribution is -0.143. The van der Waals surface area contributed by atoms with Gasteiger partial charge in [0.1, 0.15) is 0 Å². The molecule has 2 rings (SSSR count). The molecule has 6 heteroatoms. The molecule has 1 fully saturated rings. The van der Waals surface area contributed by atoms with Crippen LogP contribution in [-0.2, 0) is 12.4 Å². The maximum atomic E-state index is 12.8. The lowest BCUT2D eigenvalue weighted by Gasteiger charge is -2.14. The lowest BCUT2D eigenvalue weighted by Crippen LogP contribution is -2.11. The molecule has 21 heavy (non-hydrogen) atoms. The van der Waals surface area contributed by atoms with E-state index in [2.05, 4.69) is 0 Å². The standard InChI is InChI=1S/C15H16F6/c1-8(2)3-9-6-13(9)10-4-11(14(16,17)18)7-12(5-10)15(19,20)21/h4-5,7-9,13H,3,6H2,1-2H3/t9-,13-/m0/s1. The molecule has 0 aliphatic heterocycles. The Labute approximate surface area is 119 Å². The average Bonchev–Trinajstić information content (AvgIpc) is 3.04. The third-order valence-electron chi connectivity index (χ3n) is 3.73. The van der Waals surface area contributed by atoms with Crippen molar-refractivity contribution in [3.63, 3.8) is 0 Å². The number of halogens is 6. The molecule has 0 radical (unpaired) electrons. The monoisotopic (exact) mass is 310 g/mol. The molecule has 2 atom stereocenters. The Morgan fingerprint density at radius 1 is 0.952 bits per heavy atom. The summed E-state index contributed by atoms with van der Waals surface area (Å²) >= 11 is 0. The third kappa shape index (κ3) is 3.92. The van der Waals surface area contributed by atoms with E-state index in [9.17, 15) is 26.3 Å². The second-order valence-electron chi connectivity index (χ2n) is 6.07. The summed E-state index contributed by atoms with van der Waals surface area (Å²) in [5.41, 5.74) is -2.28. The van der Waals surface area contributed by atoms with Gasteiger partial charge in [0.05, 0.1) is 11.1 Å². The number of benzene rings is 1. The first-order valence-corrected chi connectivity index (χ1v) is 6.78. The van der Waals surface area contributed by atoms with Gasteiger partial charge >= 0.3 is 12.4 Å². The van der Waals surface area contributed by atoms with Crippen molar-refractivity contribution in [1.82, 2.24) is 0 Å². The van der Waals surface area contributed by atoms with Crippen molar-refractivity contribution in [2.75, 3.05) is 0 Å². The highest BCUT2D eigenvalue weighted by atomic mass is 19.4. The molecule has 0 amide bonds. The Morgan fingerprint density at radius 2 is 1.43 bits per heavy atom. The summed E-state index contributed by atoms with van der Waals surface area (Å²) in [7, 11) is 0. The molecular weight excluding hydrogens is 294 g/mol. The summed E-state index contributed by atoms with van der Waals surface area (Å²) in [6, 6.07) is 1.91. The van der Waals surface area contributed by atoms with Crippen molar-refractivity contribution in [1.29, 1.82) is 0 Å². The van der Waals surface area contributed by atoms with E-state index in [-0.39, 0.29) is 23.5 Å². The number of hydrogen-bond donors (Lipinski definition) is 0. The molecule has 1 aromatic rings. The Kier molecular flexibility index (Phi) is 4.02. The number of rotatable bonds is 3. The van der Waals surface area contributed by atoms with Crippen molar-refractivity contribution in [2.24, 2.45) is 11.8 Å². The summed E-state index contributed by atoms with van der Waals surface area (Å²) in [6.45, 7) is 3.98. The normalized spacial score (nSPS) is 22.7. The van der Waals surface area contributed by atoms with Crippen LogP contribution in [-0.4, -0.2) is 0 Å². The predicted molar refractivity (Wildman–Crippen MR) is 66.7 cm³/mol. The SMILES string of the molecule is CC(C)C[C@H]1C[C@@H]1c1cc(C(F)(F)F)cc(C(F)(F)F)c1. The summed E-state index contributed by atoms with van der Waals surface area (Å²) in [4.78, 5) is 0. The largest absolute Gasteiger partial charge is 0.416 e. The Hall–Kier alpha value is -1.20. The molecule has 0 spiro atoms. The van der Waals surface area contributed by atoms with Gasteiger partial charge in [-0.3, -0.25) is 0 Å². The molecule has 0 bridgehead atoms. The van der Waals surface area contributed by atoms with Crippen molar-refractivity contribution in [2.45, 2.75) is 45.0 Å². The van der Waals surface area contributed by atoms with Crippen LogP contribution in [0.25, 0.3) is 0 Å². The quantitative estimate of drug-likeness (QED) is 0.612. The minimum absolute atomic E-state index is 0.155. The first-order chi connectivity index (χ1) is 9.48. The maximum Gasteiger partial charge on any atom is 0.416 e. The van der Waals surface area contributed by atoms with E-state index >= 15 is 0 Å². The molecular formula is C15H16F6. The fourth-order valence-corrected chi connectivity index (χ4v) is 2.71. The Balaban J connectivity index is 2.34. The van der Waals surface area contributed by atoms with Gasteiger partial charge in [-0.15, -0.1) is 0 Å². The van der Waals surface area contributed by atoms with Crippen LogP contribution in [0.5, 0.6) is 0 Å². The van der Waals surface area contributed by atoms with Gasteiger partial charge in [-0.25, -0.2) is 0 Å². The minimum atomic E-state index is -4.77. The van der Waals surface area contributed by atoms with Gasteiger partial charge in [0, 0.05) is 0 Å². The fraction of sp³-hybridized carbons (Fsp3) is 0.600. The van der Waals surface area contributed by atoms with Crippen LogP contribution in [0.4, 0.5) is 26.3 Å². The van der Waals surface area contributed by atoms with Crippen molar-refractivity contribution in [3.8, 4) is 0 Å². The highest BCUT2D eigenvalue weighted by Gasteiger charge is 2.42. The van der Waals surface area contributed by atoms with Gasteiger partial charge in [-0.2, -0.15) is 26.3 Å². The van der Waals surface area contributed by atoms with E-state index in [1.807, 2.05) is 13.8 Å². The second kappa shape index (κ2) is 5.21. The fourth-order valence-electron chi connectivity index (χ4n) is 2.71. The highest BCUT2D eigenvalue weighted by molar-refractivity contribution is 5.37. The zero-order valence-electron chi connectivity index (χ0n) is 11.6. The molecule has 0 nitrogen and oxygen atoms in total. The van der Waals surface area contributed by atoms with E-state index in [4.69, 9.17) is 0 Å². The van der Waals surface area contributed by atoms with Gasteiger partial charge in [0.25, 0.3) is 0 Å². The molecule has 1 aliphatic carbocycles. The summed E-state index contributed by atoms with van der Waals surface area (Å²) < 4.78 is 76.6. The number of hydrogen-bond acceptors (Lipinski definition) is 0. The molecule has 1 aromatic carbocycles. The summed E-state index contributed by atoms with van der Waals surface area (Å²) in [6.07, 6.45) is -8.05. The molecule has 0 aromatic heterocycles. The van der Waals surface area contributed by atoms with Gasteiger partial charge in [0.2, 0.25) is 0 Å². The van der Waals surface area contributed by atoms with Crippen LogP contribution >= 0.6 is 0 Å². The van der Waals surface area contributed by atoms with Crippen molar-refractivity contribution in [3.05, 3.63) is 34.9 Å². The van der Waals surface area contributed by atoms with Gasteiger partial charge < -0.3 is 0 Å². The van der Waals surface area contributed by atoms with E-state index < -0.39 is 23.5 Å². The first-order valence-electron chi connectivity index (χ1n) is 6.78. The summed E-state index contributed by atoms with van der Waals surface area (Å²) in [5.74, 6) is 0.387. The Bertz CT molecular complexity index is 480. The molecule has 0 saturated heterocycles. The zero-order valence-corrected chi connectivity index (χ0v) is 11.6. The molecule has 1 aliphatic rings. The molecule has 0 heterocycles. The zero-order chi connectivity index (χ0) is 16.0. The predicted octanol–water partition coefficient (Wildman–Crippen LogP) is 5.87. The van der Waals surface area contributed by atoms with E-state index in [1.54, 1.807) is 0 Å². The van der Waals surface area contributed by atoms with Crippen LogP contribution in [0, 0.1) is 11.8 Å². The van der Waals surface area contributed by atoms with Gasteiger partial charge in [-0.1, -0.05) is 13.8 Å². The van der Waals surface area contributed by atoms with E-state index in [0.717, 1.165) is 18.6 Å². The smallest absolute Gasteiger partial charge is 0.166 e. The molecule has 118 valence electrons. The van der Waals surface area contributed by atoms with Crippen LogP contribution in [0.2, 0.25) is 0 Å². The Morgan fingerprint density at radius 3 is 1.81 bits per heavy atom. The maximum absolute atomic E-state index is 12.8. The average molecular weight is 310 g/mol. The van der Waals surface area contributed by atoms with E-state index in [1.165, 1.54) is 0 Å².